The third-order valence-corrected chi connectivity index (χ3v) is 5.99. The number of piperidine rings is 1. The van der Waals surface area contributed by atoms with E-state index in [1.165, 1.54) is 0 Å². The van der Waals surface area contributed by atoms with Crippen LogP contribution in [-0.2, 0) is 11.3 Å². The van der Waals surface area contributed by atoms with Crippen molar-refractivity contribution in [2.45, 2.75) is 26.3 Å². The Bertz CT molecular complexity index is 1050. The fraction of sp³-hybridized carbons (Fsp3) is 0.318. The maximum absolute atomic E-state index is 12.6. The molecule has 6 nitrogen and oxygen atoms in total. The van der Waals surface area contributed by atoms with Crippen molar-refractivity contribution in [3.63, 3.8) is 0 Å². The van der Waals surface area contributed by atoms with Crippen LogP contribution in [0.15, 0.2) is 47.0 Å². The summed E-state index contributed by atoms with van der Waals surface area (Å²) in [4.78, 5) is 19.3. The Morgan fingerprint density at radius 2 is 1.97 bits per heavy atom. The Kier molecular flexibility index (Phi) is 6.37. The van der Waals surface area contributed by atoms with Crippen LogP contribution in [0.3, 0.4) is 0 Å². The SMILES string of the molecule is Cc1cccc(-c2noc(CN3CCC(C(=O)Nc4ccc(Cl)c(Cl)c4)CC3)n2)c1. The number of likely N-dealkylation sites (tertiary alicyclic amines) is 1. The standard InChI is InChI=1S/C22H22Cl2N4O2/c1-14-3-2-4-16(11-14)21-26-20(30-27-21)13-28-9-7-15(8-10-28)22(29)25-17-5-6-18(23)19(24)12-17/h2-6,11-12,15H,7-10,13H2,1H3,(H,25,29). The van der Waals surface area contributed by atoms with Crippen LogP contribution >= 0.6 is 23.2 Å². The molecule has 30 heavy (non-hydrogen) atoms. The molecule has 2 heterocycles. The molecule has 1 aliphatic heterocycles. The number of carbonyl (C=O) groups is 1. The summed E-state index contributed by atoms with van der Waals surface area (Å²) in [6, 6.07) is 13.1. The van der Waals surface area contributed by atoms with E-state index in [0.717, 1.165) is 37.1 Å². The van der Waals surface area contributed by atoms with Gasteiger partial charge in [0.15, 0.2) is 0 Å². The van der Waals surface area contributed by atoms with Gasteiger partial charge >= 0.3 is 0 Å². The summed E-state index contributed by atoms with van der Waals surface area (Å²) in [5.41, 5.74) is 2.76. The Balaban J connectivity index is 1.29. The van der Waals surface area contributed by atoms with Gasteiger partial charge in [-0.25, -0.2) is 0 Å². The van der Waals surface area contributed by atoms with Crippen molar-refractivity contribution in [2.75, 3.05) is 18.4 Å². The Morgan fingerprint density at radius 1 is 1.17 bits per heavy atom. The molecule has 0 saturated carbocycles. The molecule has 1 fully saturated rings. The highest BCUT2D eigenvalue weighted by Gasteiger charge is 2.26. The normalized spacial score (nSPS) is 15.3. The largest absolute Gasteiger partial charge is 0.338 e. The third-order valence-electron chi connectivity index (χ3n) is 5.25. The molecule has 1 N–H and O–H groups in total. The fourth-order valence-corrected chi connectivity index (χ4v) is 3.88. The minimum Gasteiger partial charge on any atom is -0.338 e. The molecule has 2 aromatic carbocycles. The summed E-state index contributed by atoms with van der Waals surface area (Å²) in [5, 5.41) is 7.92. The molecule has 0 unspecified atom stereocenters. The summed E-state index contributed by atoms with van der Waals surface area (Å²) >= 11 is 11.9. The maximum Gasteiger partial charge on any atom is 0.241 e. The van der Waals surface area contributed by atoms with E-state index in [1.54, 1.807) is 18.2 Å². The number of halogens is 2. The average Bonchev–Trinajstić information content (AvgIpc) is 3.20. The van der Waals surface area contributed by atoms with Crippen molar-refractivity contribution in [3.05, 3.63) is 64.0 Å². The Labute approximate surface area is 185 Å². The van der Waals surface area contributed by atoms with Crippen LogP contribution in [0.25, 0.3) is 11.4 Å². The number of rotatable bonds is 5. The number of hydrogen-bond donors (Lipinski definition) is 1. The van der Waals surface area contributed by atoms with E-state index in [9.17, 15) is 4.79 Å². The molecule has 0 radical (unpaired) electrons. The van der Waals surface area contributed by atoms with Crippen molar-refractivity contribution in [3.8, 4) is 11.4 Å². The highest BCUT2D eigenvalue weighted by atomic mass is 35.5. The van der Waals surface area contributed by atoms with Gasteiger partial charge in [-0.1, -0.05) is 52.1 Å². The van der Waals surface area contributed by atoms with E-state index in [1.807, 2.05) is 31.2 Å². The molecule has 1 saturated heterocycles. The number of carbonyl (C=O) groups excluding carboxylic acids is 1. The van der Waals surface area contributed by atoms with Gasteiger partial charge in [-0.05, 0) is 57.1 Å². The number of nitrogens with one attached hydrogen (secondary N) is 1. The molecular formula is C22H22Cl2N4O2. The summed E-state index contributed by atoms with van der Waals surface area (Å²) in [6.07, 6.45) is 1.54. The van der Waals surface area contributed by atoms with Gasteiger partial charge in [0.2, 0.25) is 17.6 Å². The van der Waals surface area contributed by atoms with Crippen LogP contribution in [0, 0.1) is 12.8 Å². The Hall–Kier alpha value is -2.41. The molecule has 0 bridgehead atoms. The quantitative estimate of drug-likeness (QED) is 0.585. The van der Waals surface area contributed by atoms with Gasteiger partial charge in [-0.3, -0.25) is 9.69 Å². The maximum atomic E-state index is 12.6. The zero-order valence-electron chi connectivity index (χ0n) is 16.6. The van der Waals surface area contributed by atoms with Gasteiger partial charge in [0, 0.05) is 17.2 Å². The molecule has 8 heteroatoms. The lowest BCUT2D eigenvalue weighted by Crippen LogP contribution is -2.37. The lowest BCUT2D eigenvalue weighted by molar-refractivity contribution is -0.121. The number of hydrogen-bond acceptors (Lipinski definition) is 5. The monoisotopic (exact) mass is 444 g/mol. The zero-order chi connectivity index (χ0) is 21.1. The highest BCUT2D eigenvalue weighted by molar-refractivity contribution is 6.42. The molecule has 0 spiro atoms. The van der Waals surface area contributed by atoms with E-state index in [4.69, 9.17) is 27.7 Å². The highest BCUT2D eigenvalue weighted by Crippen LogP contribution is 2.26. The smallest absolute Gasteiger partial charge is 0.241 e. The predicted octanol–water partition coefficient (Wildman–Crippen LogP) is 5.20. The van der Waals surface area contributed by atoms with E-state index in [0.29, 0.717) is 34.0 Å². The van der Waals surface area contributed by atoms with Crippen molar-refractivity contribution in [1.29, 1.82) is 0 Å². The average molecular weight is 445 g/mol. The molecule has 1 amide bonds. The molecule has 3 aromatic rings. The van der Waals surface area contributed by atoms with E-state index >= 15 is 0 Å². The van der Waals surface area contributed by atoms with Crippen LogP contribution in [0.5, 0.6) is 0 Å². The van der Waals surface area contributed by atoms with Gasteiger partial charge in [0.1, 0.15) is 0 Å². The Morgan fingerprint density at radius 3 is 2.70 bits per heavy atom. The lowest BCUT2D eigenvalue weighted by Gasteiger charge is -2.30. The third kappa shape index (κ3) is 5.01. The van der Waals surface area contributed by atoms with Gasteiger partial charge in [0.05, 0.1) is 16.6 Å². The number of benzene rings is 2. The zero-order valence-corrected chi connectivity index (χ0v) is 18.1. The van der Waals surface area contributed by atoms with Crippen molar-refractivity contribution >= 4 is 34.8 Å². The summed E-state index contributed by atoms with van der Waals surface area (Å²) in [5.74, 6) is 1.16. The van der Waals surface area contributed by atoms with Crippen molar-refractivity contribution in [2.24, 2.45) is 5.92 Å². The summed E-state index contributed by atoms with van der Waals surface area (Å²) in [6.45, 7) is 4.20. The topological polar surface area (TPSA) is 71.3 Å². The predicted molar refractivity (Wildman–Crippen MR) is 118 cm³/mol. The van der Waals surface area contributed by atoms with Crippen LogP contribution in [0.4, 0.5) is 5.69 Å². The molecule has 156 valence electrons. The van der Waals surface area contributed by atoms with Gasteiger partial charge in [0.25, 0.3) is 0 Å². The molecule has 1 aliphatic rings. The molecule has 0 aliphatic carbocycles. The van der Waals surface area contributed by atoms with Gasteiger partial charge in [-0.15, -0.1) is 0 Å². The first kappa shape index (κ1) is 20.8. The molecule has 4 rings (SSSR count). The first-order valence-corrected chi connectivity index (χ1v) is 10.6. The molecule has 0 atom stereocenters. The number of aromatic nitrogens is 2. The lowest BCUT2D eigenvalue weighted by atomic mass is 9.96. The number of nitrogens with zero attached hydrogens (tertiary/aromatic N) is 3. The fourth-order valence-electron chi connectivity index (χ4n) is 3.58. The number of amides is 1. The summed E-state index contributed by atoms with van der Waals surface area (Å²) in [7, 11) is 0. The van der Waals surface area contributed by atoms with Crippen LogP contribution < -0.4 is 5.32 Å². The van der Waals surface area contributed by atoms with Crippen molar-refractivity contribution in [1.82, 2.24) is 15.0 Å². The second-order valence-electron chi connectivity index (χ2n) is 7.55. The van der Waals surface area contributed by atoms with E-state index < -0.39 is 0 Å². The molecular weight excluding hydrogens is 423 g/mol. The van der Waals surface area contributed by atoms with Crippen LogP contribution in [0.2, 0.25) is 10.0 Å². The number of aryl methyl sites for hydroxylation is 1. The van der Waals surface area contributed by atoms with Crippen molar-refractivity contribution < 1.29 is 9.32 Å². The minimum absolute atomic E-state index is 0.00700. The minimum atomic E-state index is -0.0405. The van der Waals surface area contributed by atoms with E-state index in [-0.39, 0.29) is 11.8 Å². The molecule has 1 aromatic heterocycles. The van der Waals surface area contributed by atoms with E-state index in [2.05, 4.69) is 20.4 Å². The van der Waals surface area contributed by atoms with Gasteiger partial charge < -0.3 is 9.84 Å². The first-order chi connectivity index (χ1) is 14.5. The van der Waals surface area contributed by atoms with Gasteiger partial charge in [-0.2, -0.15) is 4.98 Å². The van der Waals surface area contributed by atoms with Crippen LogP contribution in [0.1, 0.15) is 24.3 Å². The van der Waals surface area contributed by atoms with Crippen LogP contribution in [-0.4, -0.2) is 34.0 Å². The second-order valence-corrected chi connectivity index (χ2v) is 8.36. The summed E-state index contributed by atoms with van der Waals surface area (Å²) < 4.78 is 5.43. The second kappa shape index (κ2) is 9.16. The number of anilines is 1. The first-order valence-electron chi connectivity index (χ1n) is 9.86.